The molecule has 0 saturated heterocycles. The molecule has 78 valence electrons. The van der Waals surface area contributed by atoms with E-state index < -0.39 is 0 Å². The van der Waals surface area contributed by atoms with E-state index in [4.69, 9.17) is 0 Å². The Morgan fingerprint density at radius 1 is 1.33 bits per heavy atom. The summed E-state index contributed by atoms with van der Waals surface area (Å²) in [5, 5.41) is 0. The Bertz CT molecular complexity index is 432. The van der Waals surface area contributed by atoms with Crippen LogP contribution in [0.15, 0.2) is 23.2 Å². The minimum Gasteiger partial charge on any atom is -0.293 e. The van der Waals surface area contributed by atoms with E-state index in [0.717, 1.165) is 16.8 Å². The van der Waals surface area contributed by atoms with Gasteiger partial charge in [-0.15, -0.1) is 0 Å². The van der Waals surface area contributed by atoms with Crippen LogP contribution in [0, 0.1) is 5.92 Å². The van der Waals surface area contributed by atoms with Crippen LogP contribution in [0.5, 0.6) is 0 Å². The third-order valence-corrected chi connectivity index (χ3v) is 2.80. The fraction of sp³-hybridized carbons (Fsp3) is 0.385. The van der Waals surface area contributed by atoms with Crippen molar-refractivity contribution in [1.82, 2.24) is 0 Å². The zero-order chi connectivity index (χ0) is 11.0. The summed E-state index contributed by atoms with van der Waals surface area (Å²) < 4.78 is 0. The molecule has 1 heterocycles. The molecule has 1 atom stereocenters. The summed E-state index contributed by atoms with van der Waals surface area (Å²) in [5.74, 6) is 0.501. The first-order valence-electron chi connectivity index (χ1n) is 5.32. The molecule has 2 rings (SSSR count). The predicted octanol–water partition coefficient (Wildman–Crippen LogP) is 3.34. The number of hydrogen-bond acceptors (Lipinski definition) is 2. The van der Waals surface area contributed by atoms with Gasteiger partial charge in [-0.25, -0.2) is 0 Å². The highest BCUT2D eigenvalue weighted by Crippen LogP contribution is 2.33. The van der Waals surface area contributed by atoms with Gasteiger partial charge in [-0.2, -0.15) is 0 Å². The van der Waals surface area contributed by atoms with Crippen LogP contribution in [-0.2, 0) is 0 Å². The smallest absolute Gasteiger partial charge is 0.173 e. The number of hydrogen-bond donors (Lipinski definition) is 0. The number of ketones is 1. The lowest BCUT2D eigenvalue weighted by Crippen LogP contribution is -2.17. The van der Waals surface area contributed by atoms with Crippen molar-refractivity contribution in [2.24, 2.45) is 10.9 Å². The Hall–Kier alpha value is -1.44. The third kappa shape index (κ3) is 1.60. The molecule has 1 aromatic rings. The number of fused-ring (bicyclic) bond motifs is 1. The van der Waals surface area contributed by atoms with Gasteiger partial charge < -0.3 is 0 Å². The number of Topliss-reactive ketones (excluding diaryl/α,β-unsaturated/α-hetero) is 1. The average Bonchev–Trinajstić information content (AvgIpc) is 2.23. The van der Waals surface area contributed by atoms with E-state index in [-0.39, 0.29) is 11.7 Å². The molecule has 0 fully saturated rings. The van der Waals surface area contributed by atoms with Crippen LogP contribution in [0.25, 0.3) is 0 Å². The van der Waals surface area contributed by atoms with Gasteiger partial charge in [0, 0.05) is 11.8 Å². The monoisotopic (exact) mass is 201 g/mol. The topological polar surface area (TPSA) is 29.4 Å². The standard InChI is InChI=1S/C13H15NO/c1-8(2)10-5-4-6-11-12(10)14-7-9(3)13(11)15/h4-9H,1-3H3. The Kier molecular flexibility index (Phi) is 2.43. The van der Waals surface area contributed by atoms with Gasteiger partial charge in [-0.1, -0.05) is 32.9 Å². The molecule has 2 heteroatoms. The van der Waals surface area contributed by atoms with Crippen LogP contribution >= 0.6 is 0 Å². The van der Waals surface area contributed by atoms with Gasteiger partial charge in [0.2, 0.25) is 0 Å². The van der Waals surface area contributed by atoms with Gasteiger partial charge in [0.05, 0.1) is 11.6 Å². The van der Waals surface area contributed by atoms with Crippen molar-refractivity contribution in [2.45, 2.75) is 26.7 Å². The first-order chi connectivity index (χ1) is 7.11. The molecule has 1 aromatic carbocycles. The van der Waals surface area contributed by atoms with Crippen molar-refractivity contribution in [1.29, 1.82) is 0 Å². The summed E-state index contributed by atoms with van der Waals surface area (Å²) in [6.45, 7) is 6.12. The van der Waals surface area contributed by atoms with Crippen LogP contribution in [0.4, 0.5) is 5.69 Å². The highest BCUT2D eigenvalue weighted by molar-refractivity contribution is 6.12. The third-order valence-electron chi connectivity index (χ3n) is 2.80. The number of aliphatic imine (C=N–C) groups is 1. The fourth-order valence-corrected chi connectivity index (χ4v) is 1.87. The SMILES string of the molecule is CC1C=Nc2c(cccc2C(C)C)C1=O. The molecule has 1 aliphatic heterocycles. The maximum absolute atomic E-state index is 11.9. The number of rotatable bonds is 1. The molecular weight excluding hydrogens is 186 g/mol. The molecule has 0 spiro atoms. The van der Waals surface area contributed by atoms with Gasteiger partial charge in [-0.3, -0.25) is 9.79 Å². The largest absolute Gasteiger partial charge is 0.293 e. The number of carbonyl (C=O) groups is 1. The first-order valence-corrected chi connectivity index (χ1v) is 5.32. The minimum atomic E-state index is -0.0834. The molecule has 1 aliphatic rings. The molecule has 15 heavy (non-hydrogen) atoms. The van der Waals surface area contributed by atoms with Crippen LogP contribution in [-0.4, -0.2) is 12.0 Å². The Balaban J connectivity index is 2.61. The second-order valence-corrected chi connectivity index (χ2v) is 4.33. The van der Waals surface area contributed by atoms with Crippen molar-refractivity contribution >= 4 is 17.7 Å². The number of para-hydroxylation sites is 1. The van der Waals surface area contributed by atoms with E-state index in [2.05, 4.69) is 18.8 Å². The quantitative estimate of drug-likeness (QED) is 0.685. The van der Waals surface area contributed by atoms with Gasteiger partial charge in [0.1, 0.15) is 0 Å². The molecule has 1 unspecified atom stereocenters. The zero-order valence-corrected chi connectivity index (χ0v) is 9.32. The van der Waals surface area contributed by atoms with Crippen molar-refractivity contribution < 1.29 is 4.79 Å². The Morgan fingerprint density at radius 3 is 2.73 bits per heavy atom. The normalized spacial score (nSPS) is 19.5. The molecular formula is C13H15NO. The number of nitrogens with zero attached hydrogens (tertiary/aromatic N) is 1. The highest BCUT2D eigenvalue weighted by Gasteiger charge is 2.23. The van der Waals surface area contributed by atoms with E-state index in [0.29, 0.717) is 5.92 Å². The Morgan fingerprint density at radius 2 is 2.07 bits per heavy atom. The van der Waals surface area contributed by atoms with Crippen molar-refractivity contribution in [2.75, 3.05) is 0 Å². The van der Waals surface area contributed by atoms with Gasteiger partial charge in [-0.05, 0) is 17.5 Å². The molecule has 0 aromatic heterocycles. The summed E-state index contributed by atoms with van der Waals surface area (Å²) in [5.41, 5.74) is 2.80. The predicted molar refractivity (Wildman–Crippen MR) is 62.2 cm³/mol. The zero-order valence-electron chi connectivity index (χ0n) is 9.32. The average molecular weight is 201 g/mol. The second-order valence-electron chi connectivity index (χ2n) is 4.33. The molecule has 0 saturated carbocycles. The van der Waals surface area contributed by atoms with Crippen LogP contribution in [0.2, 0.25) is 0 Å². The van der Waals surface area contributed by atoms with Crippen LogP contribution in [0.1, 0.15) is 42.6 Å². The summed E-state index contributed by atoms with van der Waals surface area (Å²) in [6.07, 6.45) is 1.75. The molecule has 0 amide bonds. The maximum atomic E-state index is 11.9. The minimum absolute atomic E-state index is 0.0834. The van der Waals surface area contributed by atoms with Crippen LogP contribution < -0.4 is 0 Å². The van der Waals surface area contributed by atoms with E-state index in [1.807, 2.05) is 25.1 Å². The summed E-state index contributed by atoms with van der Waals surface area (Å²) in [6, 6.07) is 5.86. The maximum Gasteiger partial charge on any atom is 0.173 e. The van der Waals surface area contributed by atoms with Crippen molar-refractivity contribution in [3.05, 3.63) is 29.3 Å². The number of carbonyl (C=O) groups excluding carboxylic acids is 1. The summed E-state index contributed by atoms with van der Waals surface area (Å²) >= 11 is 0. The lowest BCUT2D eigenvalue weighted by atomic mass is 9.90. The van der Waals surface area contributed by atoms with E-state index in [1.54, 1.807) is 6.21 Å². The lowest BCUT2D eigenvalue weighted by molar-refractivity contribution is 0.0962. The number of benzene rings is 1. The van der Waals surface area contributed by atoms with Crippen molar-refractivity contribution in [3.63, 3.8) is 0 Å². The fourth-order valence-electron chi connectivity index (χ4n) is 1.87. The molecule has 0 aliphatic carbocycles. The molecule has 2 nitrogen and oxygen atoms in total. The second kappa shape index (κ2) is 3.61. The van der Waals surface area contributed by atoms with E-state index in [1.165, 1.54) is 0 Å². The Labute approximate surface area is 90.0 Å². The van der Waals surface area contributed by atoms with E-state index in [9.17, 15) is 4.79 Å². The van der Waals surface area contributed by atoms with E-state index >= 15 is 0 Å². The summed E-state index contributed by atoms with van der Waals surface area (Å²) in [4.78, 5) is 16.3. The molecule has 0 N–H and O–H groups in total. The molecule has 0 radical (unpaired) electrons. The lowest BCUT2D eigenvalue weighted by Gasteiger charge is -2.18. The first kappa shape index (κ1) is 10.1. The summed E-state index contributed by atoms with van der Waals surface area (Å²) in [7, 11) is 0. The van der Waals surface area contributed by atoms with Gasteiger partial charge in [0.15, 0.2) is 5.78 Å². The van der Waals surface area contributed by atoms with Gasteiger partial charge in [0.25, 0.3) is 0 Å². The van der Waals surface area contributed by atoms with Crippen molar-refractivity contribution in [3.8, 4) is 0 Å². The van der Waals surface area contributed by atoms with Gasteiger partial charge >= 0.3 is 0 Å². The molecule has 0 bridgehead atoms. The van der Waals surface area contributed by atoms with Crippen LogP contribution in [0.3, 0.4) is 0 Å². The highest BCUT2D eigenvalue weighted by atomic mass is 16.1.